The number of hydrogen-bond donors (Lipinski definition) is 2. The number of fused-ring (bicyclic) bond motifs is 1. The first-order valence-corrected chi connectivity index (χ1v) is 8.02. The van der Waals surface area contributed by atoms with Crippen LogP contribution in [0.2, 0.25) is 0 Å². The predicted octanol–water partition coefficient (Wildman–Crippen LogP) is 3.49. The lowest BCUT2D eigenvalue weighted by Gasteiger charge is -2.28. The largest absolute Gasteiger partial charge is 0.385 e. The van der Waals surface area contributed by atoms with E-state index in [0.29, 0.717) is 31.7 Å². The molecule has 3 nitrogen and oxygen atoms in total. The van der Waals surface area contributed by atoms with Crippen molar-refractivity contribution in [2.45, 2.75) is 51.0 Å². The second kappa shape index (κ2) is 6.23. The van der Waals surface area contributed by atoms with E-state index in [2.05, 4.69) is 22.8 Å². The number of alkyl halides is 2. The third-order valence-electron chi connectivity index (χ3n) is 4.74. The fourth-order valence-corrected chi connectivity index (χ4v) is 3.24. The molecule has 0 saturated heterocycles. The van der Waals surface area contributed by atoms with E-state index < -0.39 is 5.92 Å². The Morgan fingerprint density at radius 2 is 1.95 bits per heavy atom. The number of aryl methyl sites for hydroxylation is 1. The molecule has 0 aromatic heterocycles. The summed E-state index contributed by atoms with van der Waals surface area (Å²) in [6, 6.07) is 6.15. The van der Waals surface area contributed by atoms with E-state index in [4.69, 9.17) is 0 Å². The second-order valence-electron chi connectivity index (χ2n) is 6.44. The highest BCUT2D eigenvalue weighted by Gasteiger charge is 2.34. The van der Waals surface area contributed by atoms with Gasteiger partial charge in [0.15, 0.2) is 0 Å². The Hall–Kier alpha value is -1.65. The Morgan fingerprint density at radius 1 is 1.18 bits per heavy atom. The van der Waals surface area contributed by atoms with E-state index in [9.17, 15) is 13.6 Å². The molecule has 1 amide bonds. The normalized spacial score (nSPS) is 21.6. The number of benzene rings is 1. The van der Waals surface area contributed by atoms with Crippen LogP contribution in [0.1, 0.15) is 43.2 Å². The lowest BCUT2D eigenvalue weighted by molar-refractivity contribution is -0.121. The smallest absolute Gasteiger partial charge is 0.248 e. The molecule has 1 saturated carbocycles. The SMILES string of the molecule is O=C1CCc2ccc(NCC3CCC(F)(F)CC3)cc2CN1. The monoisotopic (exact) mass is 308 g/mol. The Balaban J connectivity index is 1.57. The van der Waals surface area contributed by atoms with Crippen LogP contribution >= 0.6 is 0 Å². The van der Waals surface area contributed by atoms with Crippen molar-refractivity contribution >= 4 is 11.6 Å². The van der Waals surface area contributed by atoms with Gasteiger partial charge in [-0.25, -0.2) is 8.78 Å². The van der Waals surface area contributed by atoms with E-state index in [1.807, 2.05) is 6.07 Å². The van der Waals surface area contributed by atoms with Gasteiger partial charge in [-0.1, -0.05) is 6.07 Å². The van der Waals surface area contributed by atoms with E-state index >= 15 is 0 Å². The van der Waals surface area contributed by atoms with Crippen LogP contribution < -0.4 is 10.6 Å². The third-order valence-corrected chi connectivity index (χ3v) is 4.74. The molecule has 2 aliphatic rings. The molecule has 1 aliphatic carbocycles. The molecule has 5 heteroatoms. The summed E-state index contributed by atoms with van der Waals surface area (Å²) in [5, 5.41) is 6.26. The summed E-state index contributed by atoms with van der Waals surface area (Å²) >= 11 is 0. The predicted molar refractivity (Wildman–Crippen MR) is 82.0 cm³/mol. The number of nitrogens with one attached hydrogen (secondary N) is 2. The van der Waals surface area contributed by atoms with Crippen molar-refractivity contribution in [3.63, 3.8) is 0 Å². The minimum Gasteiger partial charge on any atom is -0.385 e. The minimum atomic E-state index is -2.46. The van der Waals surface area contributed by atoms with Crippen molar-refractivity contribution in [1.82, 2.24) is 5.32 Å². The average Bonchev–Trinajstić information content (AvgIpc) is 2.68. The zero-order valence-corrected chi connectivity index (χ0v) is 12.6. The Morgan fingerprint density at radius 3 is 2.73 bits per heavy atom. The van der Waals surface area contributed by atoms with Gasteiger partial charge >= 0.3 is 0 Å². The lowest BCUT2D eigenvalue weighted by Crippen LogP contribution is -2.28. The number of halogens is 2. The number of carbonyl (C=O) groups excluding carboxylic acids is 1. The Labute approximate surface area is 129 Å². The fourth-order valence-electron chi connectivity index (χ4n) is 3.24. The zero-order chi connectivity index (χ0) is 15.6. The first-order valence-electron chi connectivity index (χ1n) is 8.02. The molecule has 22 heavy (non-hydrogen) atoms. The number of hydrogen-bond acceptors (Lipinski definition) is 2. The zero-order valence-electron chi connectivity index (χ0n) is 12.6. The number of amides is 1. The van der Waals surface area contributed by atoms with Crippen LogP contribution in [0, 0.1) is 5.92 Å². The van der Waals surface area contributed by atoms with E-state index in [1.165, 1.54) is 5.56 Å². The molecule has 1 heterocycles. The second-order valence-corrected chi connectivity index (χ2v) is 6.44. The van der Waals surface area contributed by atoms with Crippen LogP contribution in [0.3, 0.4) is 0 Å². The van der Waals surface area contributed by atoms with E-state index in [0.717, 1.165) is 24.2 Å². The van der Waals surface area contributed by atoms with Gasteiger partial charge in [0.25, 0.3) is 0 Å². The fraction of sp³-hybridized carbons (Fsp3) is 0.588. The van der Waals surface area contributed by atoms with Crippen molar-refractivity contribution in [1.29, 1.82) is 0 Å². The first-order chi connectivity index (χ1) is 10.5. The maximum Gasteiger partial charge on any atom is 0.248 e. The molecule has 0 radical (unpaired) electrons. The molecule has 2 N–H and O–H groups in total. The maximum absolute atomic E-state index is 13.1. The van der Waals surface area contributed by atoms with Crippen LogP contribution in [0.4, 0.5) is 14.5 Å². The van der Waals surface area contributed by atoms with Gasteiger partial charge < -0.3 is 10.6 Å². The van der Waals surface area contributed by atoms with E-state index in [-0.39, 0.29) is 18.7 Å². The average molecular weight is 308 g/mol. The third kappa shape index (κ3) is 3.76. The quantitative estimate of drug-likeness (QED) is 0.897. The molecule has 1 aliphatic heterocycles. The first kappa shape index (κ1) is 15.3. The van der Waals surface area contributed by atoms with Crippen LogP contribution in [-0.4, -0.2) is 18.4 Å². The standard InChI is InChI=1S/C17H22F2N2O/c18-17(19)7-5-12(6-8-17)10-20-15-3-1-13-2-4-16(22)21-11-14(13)9-15/h1,3,9,12,20H,2,4-8,10-11H2,(H,21,22). The molecule has 0 unspecified atom stereocenters. The van der Waals surface area contributed by atoms with Gasteiger partial charge in [0.2, 0.25) is 11.8 Å². The molecule has 3 rings (SSSR count). The molecular formula is C17H22F2N2O. The summed E-state index contributed by atoms with van der Waals surface area (Å²) in [5.74, 6) is -2.05. The van der Waals surface area contributed by atoms with Crippen molar-refractivity contribution in [3.8, 4) is 0 Å². The summed E-state index contributed by atoms with van der Waals surface area (Å²) in [6.07, 6.45) is 2.50. The highest BCUT2D eigenvalue weighted by atomic mass is 19.3. The molecule has 0 atom stereocenters. The Kier molecular flexibility index (Phi) is 4.32. The van der Waals surface area contributed by atoms with Crippen molar-refractivity contribution in [2.75, 3.05) is 11.9 Å². The number of carbonyl (C=O) groups is 1. The lowest BCUT2D eigenvalue weighted by atomic mass is 9.87. The molecule has 0 bridgehead atoms. The molecule has 1 aromatic carbocycles. The highest BCUT2D eigenvalue weighted by Crippen LogP contribution is 2.36. The van der Waals surface area contributed by atoms with Gasteiger partial charge in [-0.3, -0.25) is 4.79 Å². The van der Waals surface area contributed by atoms with Crippen molar-refractivity contribution < 1.29 is 13.6 Å². The molecule has 0 spiro atoms. The van der Waals surface area contributed by atoms with Crippen LogP contribution in [0.25, 0.3) is 0 Å². The molecular weight excluding hydrogens is 286 g/mol. The molecule has 120 valence electrons. The van der Waals surface area contributed by atoms with Crippen LogP contribution in [0.5, 0.6) is 0 Å². The van der Waals surface area contributed by atoms with Gasteiger partial charge in [0.1, 0.15) is 0 Å². The maximum atomic E-state index is 13.1. The van der Waals surface area contributed by atoms with Gasteiger partial charge in [0, 0.05) is 38.0 Å². The van der Waals surface area contributed by atoms with E-state index in [1.54, 1.807) is 0 Å². The number of rotatable bonds is 3. The van der Waals surface area contributed by atoms with Gasteiger partial charge in [0.05, 0.1) is 0 Å². The summed E-state index contributed by atoms with van der Waals surface area (Å²) in [7, 11) is 0. The summed E-state index contributed by atoms with van der Waals surface area (Å²) in [6.45, 7) is 1.31. The van der Waals surface area contributed by atoms with Crippen molar-refractivity contribution in [3.05, 3.63) is 29.3 Å². The highest BCUT2D eigenvalue weighted by molar-refractivity contribution is 5.77. The van der Waals surface area contributed by atoms with Crippen LogP contribution in [0.15, 0.2) is 18.2 Å². The molecule has 1 fully saturated rings. The molecule has 1 aromatic rings. The Bertz CT molecular complexity index is 550. The van der Waals surface area contributed by atoms with Crippen LogP contribution in [-0.2, 0) is 17.8 Å². The number of anilines is 1. The van der Waals surface area contributed by atoms with Gasteiger partial charge in [-0.2, -0.15) is 0 Å². The topological polar surface area (TPSA) is 41.1 Å². The minimum absolute atomic E-state index is 0.00949. The summed E-state index contributed by atoms with van der Waals surface area (Å²) in [4.78, 5) is 11.4. The summed E-state index contributed by atoms with van der Waals surface area (Å²) < 4.78 is 26.3. The van der Waals surface area contributed by atoms with Crippen molar-refractivity contribution in [2.24, 2.45) is 5.92 Å². The summed E-state index contributed by atoms with van der Waals surface area (Å²) in [5.41, 5.74) is 3.36. The van der Waals surface area contributed by atoms with Gasteiger partial charge in [-0.15, -0.1) is 0 Å². The van der Waals surface area contributed by atoms with Gasteiger partial charge in [-0.05, 0) is 48.4 Å².